The number of carbonyl (C=O) groups excluding carboxylic acids is 2. The fourth-order valence-corrected chi connectivity index (χ4v) is 7.49. The van der Waals surface area contributed by atoms with Crippen LogP contribution >= 0.6 is 34.7 Å². The summed E-state index contributed by atoms with van der Waals surface area (Å²) < 4.78 is 59.1. The monoisotopic (exact) mass is 789 g/mol. The van der Waals surface area contributed by atoms with E-state index in [1.165, 1.54) is 40.5 Å². The van der Waals surface area contributed by atoms with Gasteiger partial charge in [-0.15, -0.1) is 11.8 Å². The van der Waals surface area contributed by atoms with Gasteiger partial charge in [-0.25, -0.2) is 28.4 Å². The van der Waals surface area contributed by atoms with E-state index in [9.17, 15) is 32.0 Å². The lowest BCUT2D eigenvalue weighted by Gasteiger charge is -2.15. The van der Waals surface area contributed by atoms with Crippen molar-refractivity contribution in [2.45, 2.75) is 35.9 Å². The molecule has 4 aromatic rings. The molecule has 5 rings (SSSR count). The zero-order valence-electron chi connectivity index (χ0n) is 27.1. The minimum atomic E-state index is -4.53. The van der Waals surface area contributed by atoms with Crippen molar-refractivity contribution in [2.75, 3.05) is 32.4 Å². The van der Waals surface area contributed by atoms with Crippen LogP contribution in [0.25, 0.3) is 0 Å². The van der Waals surface area contributed by atoms with E-state index in [0.717, 1.165) is 52.9 Å². The summed E-state index contributed by atoms with van der Waals surface area (Å²) in [7, 11) is 0.630. The number of carboxylic acid groups (broad SMARTS) is 1. The SMILES string of the molecule is COC(=O)CSc1cc(N=c2sc(=O)n3n2CCCC3)c(F)cc1Cl.COc1cc(OC)nc(NC(=O)NS(=O)(=O)c2c(C(=O)O)cnn2C)n1. The highest BCUT2D eigenvalue weighted by molar-refractivity contribution is 8.00. The number of nitrogens with one attached hydrogen (secondary N) is 2. The number of benzene rings is 1. The molecular weight excluding hydrogens is 761 g/mol. The number of sulfonamides is 1. The molecule has 24 heteroatoms. The normalized spacial score (nSPS) is 12.6. The van der Waals surface area contributed by atoms with Crippen LogP contribution in [0.3, 0.4) is 0 Å². The summed E-state index contributed by atoms with van der Waals surface area (Å²) in [5.41, 5.74) is -0.508. The van der Waals surface area contributed by atoms with Crippen molar-refractivity contribution in [3.8, 4) is 11.8 Å². The second-order valence-electron chi connectivity index (χ2n) is 9.94. The average Bonchev–Trinajstić information content (AvgIpc) is 3.64. The molecule has 0 radical (unpaired) electrons. The van der Waals surface area contributed by atoms with Gasteiger partial charge in [0.05, 0.1) is 44.4 Å². The summed E-state index contributed by atoms with van der Waals surface area (Å²) in [6.07, 6.45) is 2.75. The number of anilines is 1. The van der Waals surface area contributed by atoms with E-state index in [1.807, 2.05) is 0 Å². The number of methoxy groups -OCH3 is 3. The van der Waals surface area contributed by atoms with Gasteiger partial charge in [0, 0.05) is 25.0 Å². The number of aryl methyl sites for hydroxylation is 1. The third-order valence-electron chi connectivity index (χ3n) is 6.60. The molecule has 274 valence electrons. The van der Waals surface area contributed by atoms with E-state index in [2.05, 4.69) is 30.1 Å². The van der Waals surface area contributed by atoms with Crippen LogP contribution < -0.4 is 29.2 Å². The predicted octanol–water partition coefficient (Wildman–Crippen LogP) is 2.23. The molecule has 19 nitrogen and oxygen atoms in total. The van der Waals surface area contributed by atoms with Crippen LogP contribution in [0, 0.1) is 5.82 Å². The number of carbonyl (C=O) groups is 3. The molecule has 3 N–H and O–H groups in total. The molecule has 0 fully saturated rings. The van der Waals surface area contributed by atoms with E-state index in [-0.39, 0.29) is 39.0 Å². The topological polar surface area (TPSA) is 240 Å². The maximum absolute atomic E-state index is 14.3. The molecular formula is C27H29ClFN9O10S3. The molecule has 0 saturated heterocycles. The van der Waals surface area contributed by atoms with Crippen molar-refractivity contribution in [3.63, 3.8) is 0 Å². The summed E-state index contributed by atoms with van der Waals surface area (Å²) >= 11 is 8.17. The first-order chi connectivity index (χ1) is 24.2. The Morgan fingerprint density at radius 1 is 1.10 bits per heavy atom. The Balaban J connectivity index is 0.000000229. The molecule has 0 atom stereocenters. The zero-order valence-corrected chi connectivity index (χ0v) is 30.3. The lowest BCUT2D eigenvalue weighted by molar-refractivity contribution is -0.137. The van der Waals surface area contributed by atoms with Crippen molar-refractivity contribution < 1.29 is 46.5 Å². The second kappa shape index (κ2) is 16.8. The zero-order chi connectivity index (χ0) is 37.5. The van der Waals surface area contributed by atoms with Gasteiger partial charge in [-0.1, -0.05) is 11.6 Å². The number of fused-ring (bicyclic) bond motifs is 1. The van der Waals surface area contributed by atoms with Crippen LogP contribution in [0.1, 0.15) is 23.2 Å². The van der Waals surface area contributed by atoms with Crippen molar-refractivity contribution in [2.24, 2.45) is 12.0 Å². The number of rotatable bonds is 10. The molecule has 1 aromatic carbocycles. The molecule has 51 heavy (non-hydrogen) atoms. The van der Waals surface area contributed by atoms with Crippen LogP contribution in [0.5, 0.6) is 11.8 Å². The highest BCUT2D eigenvalue weighted by Gasteiger charge is 2.29. The van der Waals surface area contributed by atoms with Crippen molar-refractivity contribution in [3.05, 3.63) is 55.3 Å². The van der Waals surface area contributed by atoms with E-state index in [1.54, 1.807) is 14.1 Å². The number of esters is 1. The number of ether oxygens (including phenoxy) is 3. The Morgan fingerprint density at radius 3 is 2.35 bits per heavy atom. The number of hydrogen-bond donors (Lipinski definition) is 3. The van der Waals surface area contributed by atoms with Gasteiger partial charge in [-0.3, -0.25) is 24.3 Å². The van der Waals surface area contributed by atoms with Gasteiger partial charge in [0.25, 0.3) is 10.0 Å². The van der Waals surface area contributed by atoms with Gasteiger partial charge in [-0.05, 0) is 36.3 Å². The number of aromatic carboxylic acids is 1. The maximum atomic E-state index is 14.3. The first-order valence-electron chi connectivity index (χ1n) is 14.3. The van der Waals surface area contributed by atoms with Crippen molar-refractivity contribution >= 4 is 74.3 Å². The number of carboxylic acids is 1. The van der Waals surface area contributed by atoms with E-state index < -0.39 is 44.4 Å². The molecule has 2 amide bonds. The largest absolute Gasteiger partial charge is 0.481 e. The quantitative estimate of drug-likeness (QED) is 0.154. The number of amides is 2. The standard InChI is InChI=1S/C15H15ClFN3O3S2.C12H14N6O7S/c1-23-13(21)8-24-12-7-11(10(17)6-9(12)16)18-14-19-4-2-3-5-20(19)15(22)25-14;1-18-9(6(5-13-18)10(19)20)26(22,23)17-12(21)16-11-14-7(24-2)4-8(15-11)25-3/h6-7H,2-5,8H2,1H3;4-5H,1-3H3,(H,19,20)(H2,14,15,16,17,21). The van der Waals surface area contributed by atoms with E-state index in [0.29, 0.717) is 22.8 Å². The molecule has 1 aliphatic rings. The Bertz CT molecular complexity index is 2180. The van der Waals surface area contributed by atoms with Crippen molar-refractivity contribution in [1.29, 1.82) is 0 Å². The van der Waals surface area contributed by atoms with E-state index in [4.69, 9.17) is 26.2 Å². The van der Waals surface area contributed by atoms with E-state index >= 15 is 0 Å². The summed E-state index contributed by atoms with van der Waals surface area (Å²) in [6, 6.07) is 2.76. The van der Waals surface area contributed by atoms with Gasteiger partial charge in [0.15, 0.2) is 5.03 Å². The second-order valence-corrected chi connectivity index (χ2v) is 13.9. The highest BCUT2D eigenvalue weighted by Crippen LogP contribution is 2.33. The minimum absolute atomic E-state index is 0.0605. The maximum Gasteiger partial charge on any atom is 0.340 e. The molecule has 0 saturated carbocycles. The molecule has 1 aliphatic heterocycles. The molecule has 0 spiro atoms. The fraction of sp³-hybridized carbons (Fsp3) is 0.333. The Labute approximate surface area is 301 Å². The van der Waals surface area contributed by atoms with Gasteiger partial charge in [0.1, 0.15) is 17.1 Å². The average molecular weight is 790 g/mol. The van der Waals surface area contributed by atoms with Crippen LogP contribution in [-0.4, -0.2) is 87.7 Å². The molecule has 4 heterocycles. The molecule has 0 bridgehead atoms. The van der Waals surface area contributed by atoms with Gasteiger partial charge >= 0.3 is 22.8 Å². The van der Waals surface area contributed by atoms with Crippen LogP contribution in [0.15, 0.2) is 44.1 Å². The molecule has 3 aromatic heterocycles. The summed E-state index contributed by atoms with van der Waals surface area (Å²) in [6.45, 7) is 1.32. The lowest BCUT2D eigenvalue weighted by Crippen LogP contribution is -2.36. The predicted molar refractivity (Wildman–Crippen MR) is 180 cm³/mol. The third kappa shape index (κ3) is 9.62. The summed E-state index contributed by atoms with van der Waals surface area (Å²) in [5.74, 6) is -2.60. The number of hydrogen-bond acceptors (Lipinski definition) is 15. The van der Waals surface area contributed by atoms with Gasteiger partial charge in [-0.2, -0.15) is 23.5 Å². The van der Waals surface area contributed by atoms with Crippen LogP contribution in [0.4, 0.5) is 20.8 Å². The third-order valence-corrected chi connectivity index (χ3v) is 10.4. The minimum Gasteiger partial charge on any atom is -0.481 e. The number of aromatic nitrogens is 6. The van der Waals surface area contributed by atoms with Gasteiger partial charge < -0.3 is 19.3 Å². The Kier molecular flexibility index (Phi) is 12.8. The number of nitrogens with zero attached hydrogens (tertiary/aromatic N) is 7. The first-order valence-corrected chi connectivity index (χ1v) is 17.9. The number of halogens is 2. The summed E-state index contributed by atoms with van der Waals surface area (Å²) in [5, 5.41) is 14.2. The summed E-state index contributed by atoms with van der Waals surface area (Å²) in [4.78, 5) is 59.2. The van der Waals surface area contributed by atoms with Gasteiger partial charge in [0.2, 0.25) is 22.5 Å². The Morgan fingerprint density at radius 2 is 1.75 bits per heavy atom. The van der Waals surface area contributed by atoms with Crippen LogP contribution in [-0.2, 0) is 39.7 Å². The number of thioether (sulfide) groups is 1. The Hall–Kier alpha value is -5.00. The lowest BCUT2D eigenvalue weighted by atomic mass is 10.3. The molecule has 0 unspecified atom stereocenters. The molecule has 0 aliphatic carbocycles. The first kappa shape index (κ1) is 38.8. The smallest absolute Gasteiger partial charge is 0.340 e. The number of urea groups is 1. The van der Waals surface area contributed by atoms with Crippen molar-refractivity contribution in [1.82, 2.24) is 33.8 Å². The fourth-order valence-electron chi connectivity index (χ4n) is 4.29. The highest BCUT2D eigenvalue weighted by atomic mass is 35.5. The van der Waals surface area contributed by atoms with Crippen LogP contribution in [0.2, 0.25) is 5.02 Å².